The maximum Gasteiger partial charge on any atom is 0.251 e. The number of sulfonamides is 1. The second kappa shape index (κ2) is 7.43. The van der Waals surface area contributed by atoms with Crippen LogP contribution >= 0.6 is 0 Å². The zero-order valence-corrected chi connectivity index (χ0v) is 15.7. The van der Waals surface area contributed by atoms with Gasteiger partial charge in [0.25, 0.3) is 5.91 Å². The van der Waals surface area contributed by atoms with Crippen molar-refractivity contribution in [3.63, 3.8) is 0 Å². The van der Waals surface area contributed by atoms with Gasteiger partial charge in [-0.25, -0.2) is 13.1 Å². The molecule has 138 valence electrons. The van der Waals surface area contributed by atoms with Crippen LogP contribution in [0.25, 0.3) is 0 Å². The molecule has 1 heterocycles. The van der Waals surface area contributed by atoms with E-state index in [0.717, 1.165) is 32.0 Å². The lowest BCUT2D eigenvalue weighted by atomic mass is 10.0. The predicted molar refractivity (Wildman–Crippen MR) is 97.0 cm³/mol. The van der Waals surface area contributed by atoms with Gasteiger partial charge in [-0.15, -0.1) is 0 Å². The Hall–Kier alpha value is -1.44. The first kappa shape index (κ1) is 18.4. The second-order valence-corrected chi connectivity index (χ2v) is 9.03. The lowest BCUT2D eigenvalue weighted by Crippen LogP contribution is -2.45. The molecule has 1 aliphatic heterocycles. The molecule has 1 saturated carbocycles. The summed E-state index contributed by atoms with van der Waals surface area (Å²) in [5.74, 6) is -0.134. The van der Waals surface area contributed by atoms with E-state index in [1.54, 1.807) is 26.0 Å². The van der Waals surface area contributed by atoms with Gasteiger partial charge in [0, 0.05) is 36.8 Å². The standard InChI is InChI=1S/C18H27N3O3S/c1-13(2)20-25(23,24)17-7-3-14(4-8-17)18(22)19-15-9-11-21(12-10-15)16-5-6-16/h3-4,7-8,13,15-16,20H,5-6,9-12H2,1-2H3,(H,19,22). The molecule has 0 atom stereocenters. The van der Waals surface area contributed by atoms with Gasteiger partial charge < -0.3 is 10.2 Å². The molecule has 1 aromatic rings. The Bertz CT molecular complexity index is 704. The minimum atomic E-state index is -3.52. The van der Waals surface area contributed by atoms with E-state index in [2.05, 4.69) is 14.9 Å². The van der Waals surface area contributed by atoms with Gasteiger partial charge in [-0.2, -0.15) is 0 Å². The number of benzene rings is 1. The van der Waals surface area contributed by atoms with Gasteiger partial charge in [-0.1, -0.05) is 0 Å². The number of hydrogen-bond donors (Lipinski definition) is 2. The van der Waals surface area contributed by atoms with Crippen LogP contribution in [-0.4, -0.2) is 50.4 Å². The van der Waals surface area contributed by atoms with E-state index < -0.39 is 10.0 Å². The Balaban J connectivity index is 1.56. The number of rotatable bonds is 6. The molecule has 1 aromatic carbocycles. The van der Waals surface area contributed by atoms with Gasteiger partial charge in [0.05, 0.1) is 4.90 Å². The number of hydrogen-bond acceptors (Lipinski definition) is 4. The number of piperidine rings is 1. The highest BCUT2D eigenvalue weighted by Crippen LogP contribution is 2.29. The van der Waals surface area contributed by atoms with Gasteiger partial charge in [0.1, 0.15) is 0 Å². The summed E-state index contributed by atoms with van der Waals surface area (Å²) >= 11 is 0. The maximum absolute atomic E-state index is 12.4. The maximum atomic E-state index is 12.4. The molecule has 2 N–H and O–H groups in total. The molecular weight excluding hydrogens is 338 g/mol. The van der Waals surface area contributed by atoms with Crippen LogP contribution in [0.2, 0.25) is 0 Å². The van der Waals surface area contributed by atoms with Crippen LogP contribution in [0, 0.1) is 0 Å². The highest BCUT2D eigenvalue weighted by molar-refractivity contribution is 7.89. The summed E-state index contributed by atoms with van der Waals surface area (Å²) in [7, 11) is -3.52. The second-order valence-electron chi connectivity index (χ2n) is 7.32. The number of nitrogens with zero attached hydrogens (tertiary/aromatic N) is 1. The van der Waals surface area contributed by atoms with E-state index >= 15 is 0 Å². The molecule has 25 heavy (non-hydrogen) atoms. The highest BCUT2D eigenvalue weighted by Gasteiger charge is 2.32. The van der Waals surface area contributed by atoms with Crippen LogP contribution in [0.5, 0.6) is 0 Å². The zero-order valence-electron chi connectivity index (χ0n) is 14.9. The van der Waals surface area contributed by atoms with Gasteiger partial charge in [-0.3, -0.25) is 4.79 Å². The van der Waals surface area contributed by atoms with Crippen LogP contribution < -0.4 is 10.0 Å². The van der Waals surface area contributed by atoms with Crippen molar-refractivity contribution in [2.45, 2.75) is 62.6 Å². The van der Waals surface area contributed by atoms with E-state index in [1.807, 2.05) is 0 Å². The number of nitrogens with one attached hydrogen (secondary N) is 2. The van der Waals surface area contributed by atoms with Crippen molar-refractivity contribution in [2.75, 3.05) is 13.1 Å². The van der Waals surface area contributed by atoms with Crippen LogP contribution in [0.3, 0.4) is 0 Å². The highest BCUT2D eigenvalue weighted by atomic mass is 32.2. The van der Waals surface area contributed by atoms with Gasteiger partial charge in [0.15, 0.2) is 0 Å². The largest absolute Gasteiger partial charge is 0.349 e. The summed E-state index contributed by atoms with van der Waals surface area (Å²) in [6, 6.07) is 6.92. The number of carbonyl (C=O) groups is 1. The molecule has 2 aliphatic rings. The first-order valence-corrected chi connectivity index (χ1v) is 10.5. The topological polar surface area (TPSA) is 78.5 Å². The van der Waals surface area contributed by atoms with Crippen molar-refractivity contribution in [1.29, 1.82) is 0 Å². The molecule has 1 aliphatic carbocycles. The normalized spacial score (nSPS) is 20.0. The molecule has 0 bridgehead atoms. The fraction of sp³-hybridized carbons (Fsp3) is 0.611. The molecule has 1 amide bonds. The summed E-state index contributed by atoms with van der Waals surface area (Å²) in [4.78, 5) is 15.1. The molecule has 1 saturated heterocycles. The van der Waals surface area contributed by atoms with Gasteiger partial charge in [-0.05, 0) is 63.8 Å². The molecular formula is C18H27N3O3S. The van der Waals surface area contributed by atoms with E-state index in [-0.39, 0.29) is 22.9 Å². The quantitative estimate of drug-likeness (QED) is 0.805. The van der Waals surface area contributed by atoms with E-state index in [0.29, 0.717) is 5.56 Å². The molecule has 2 fully saturated rings. The molecule has 0 unspecified atom stereocenters. The van der Waals surface area contributed by atoms with Crippen LogP contribution in [0.1, 0.15) is 49.9 Å². The molecule has 0 radical (unpaired) electrons. The lowest BCUT2D eigenvalue weighted by Gasteiger charge is -2.32. The van der Waals surface area contributed by atoms with Crippen molar-refractivity contribution >= 4 is 15.9 Å². The van der Waals surface area contributed by atoms with Gasteiger partial charge >= 0.3 is 0 Å². The van der Waals surface area contributed by atoms with Crippen molar-refractivity contribution in [3.8, 4) is 0 Å². The first-order chi connectivity index (χ1) is 11.8. The molecule has 0 aromatic heterocycles. The van der Waals surface area contributed by atoms with E-state index in [9.17, 15) is 13.2 Å². The van der Waals surface area contributed by atoms with Crippen molar-refractivity contribution < 1.29 is 13.2 Å². The summed E-state index contributed by atoms with van der Waals surface area (Å²) in [5.41, 5.74) is 0.494. The Kier molecular flexibility index (Phi) is 5.46. The summed E-state index contributed by atoms with van der Waals surface area (Å²) in [6.07, 6.45) is 4.59. The minimum absolute atomic E-state index is 0.134. The smallest absolute Gasteiger partial charge is 0.251 e. The summed E-state index contributed by atoms with van der Waals surface area (Å²) in [5, 5.41) is 3.07. The monoisotopic (exact) mass is 365 g/mol. The van der Waals surface area contributed by atoms with E-state index in [1.165, 1.54) is 25.0 Å². The van der Waals surface area contributed by atoms with Crippen molar-refractivity contribution in [3.05, 3.63) is 29.8 Å². The van der Waals surface area contributed by atoms with Gasteiger partial charge in [0.2, 0.25) is 10.0 Å². The number of amides is 1. The zero-order chi connectivity index (χ0) is 18.0. The molecule has 0 spiro atoms. The number of likely N-dealkylation sites (tertiary alicyclic amines) is 1. The number of carbonyl (C=O) groups excluding carboxylic acids is 1. The summed E-state index contributed by atoms with van der Waals surface area (Å²) in [6.45, 7) is 5.64. The van der Waals surface area contributed by atoms with Crippen LogP contribution in [0.15, 0.2) is 29.2 Å². The molecule has 7 heteroatoms. The average molecular weight is 365 g/mol. The molecule has 3 rings (SSSR count). The lowest BCUT2D eigenvalue weighted by molar-refractivity contribution is 0.0909. The minimum Gasteiger partial charge on any atom is -0.349 e. The first-order valence-electron chi connectivity index (χ1n) is 9.02. The Morgan fingerprint density at radius 1 is 1.08 bits per heavy atom. The van der Waals surface area contributed by atoms with Crippen molar-refractivity contribution in [1.82, 2.24) is 14.9 Å². The SMILES string of the molecule is CC(C)NS(=O)(=O)c1ccc(C(=O)NC2CCN(C3CC3)CC2)cc1. The average Bonchev–Trinajstić information content (AvgIpc) is 3.39. The summed E-state index contributed by atoms with van der Waals surface area (Å²) < 4.78 is 26.8. The van der Waals surface area contributed by atoms with Crippen LogP contribution in [-0.2, 0) is 10.0 Å². The fourth-order valence-electron chi connectivity index (χ4n) is 3.28. The third-order valence-electron chi connectivity index (χ3n) is 4.75. The van der Waals surface area contributed by atoms with Crippen LogP contribution in [0.4, 0.5) is 0 Å². The Labute approximate surface area is 150 Å². The molecule has 6 nitrogen and oxygen atoms in total. The fourth-order valence-corrected chi connectivity index (χ4v) is 4.53. The predicted octanol–water partition coefficient (Wildman–Crippen LogP) is 1.73. The van der Waals surface area contributed by atoms with E-state index in [4.69, 9.17) is 0 Å². The third-order valence-corrected chi connectivity index (χ3v) is 6.42. The van der Waals surface area contributed by atoms with Crippen molar-refractivity contribution in [2.24, 2.45) is 0 Å². The Morgan fingerprint density at radius 3 is 2.20 bits per heavy atom. The Morgan fingerprint density at radius 2 is 1.68 bits per heavy atom. The third kappa shape index (κ3) is 4.80.